The van der Waals surface area contributed by atoms with Gasteiger partial charge in [-0.25, -0.2) is 8.78 Å². The number of aryl methyl sites for hydroxylation is 2. The summed E-state index contributed by atoms with van der Waals surface area (Å²) < 4.78 is 25.9. The van der Waals surface area contributed by atoms with Crippen LogP contribution in [0.3, 0.4) is 0 Å². The minimum absolute atomic E-state index is 0.174. The van der Waals surface area contributed by atoms with Crippen LogP contribution in [-0.2, 0) is 6.42 Å². The van der Waals surface area contributed by atoms with E-state index in [1.165, 1.54) is 6.07 Å². The predicted molar refractivity (Wildman–Crippen MR) is 74.9 cm³/mol. The Bertz CT molecular complexity index is 627. The summed E-state index contributed by atoms with van der Waals surface area (Å²) in [6.07, 6.45) is 0.896. The van der Waals surface area contributed by atoms with E-state index in [0.717, 1.165) is 28.8 Å². The van der Waals surface area contributed by atoms with Crippen molar-refractivity contribution in [2.24, 2.45) is 0 Å². The zero-order chi connectivity index (χ0) is 14.7. The van der Waals surface area contributed by atoms with Crippen molar-refractivity contribution < 1.29 is 13.6 Å². The third-order valence-corrected chi connectivity index (χ3v) is 3.49. The fourth-order valence-electron chi connectivity index (χ4n) is 2.30. The highest BCUT2D eigenvalue weighted by Crippen LogP contribution is 2.17. The van der Waals surface area contributed by atoms with Crippen LogP contribution in [0.25, 0.3) is 0 Å². The molecule has 0 aliphatic rings. The van der Waals surface area contributed by atoms with Crippen LogP contribution in [0.5, 0.6) is 0 Å². The second kappa shape index (κ2) is 5.95. The van der Waals surface area contributed by atoms with Crippen LogP contribution in [-0.4, -0.2) is 5.78 Å². The van der Waals surface area contributed by atoms with E-state index in [9.17, 15) is 13.6 Å². The number of rotatable bonds is 4. The molecule has 0 amide bonds. The molecular formula is C17H16F2O. The smallest absolute Gasteiger partial charge is 0.163 e. The third kappa shape index (κ3) is 3.10. The Morgan fingerprint density at radius 2 is 1.65 bits per heavy atom. The molecule has 0 radical (unpaired) electrons. The molecular weight excluding hydrogens is 258 g/mol. The highest BCUT2D eigenvalue weighted by Gasteiger charge is 2.11. The minimum atomic E-state index is -0.983. The van der Waals surface area contributed by atoms with E-state index in [1.807, 2.05) is 32.0 Å². The van der Waals surface area contributed by atoms with Crippen molar-refractivity contribution in [1.29, 1.82) is 0 Å². The molecule has 2 aromatic carbocycles. The first-order chi connectivity index (χ1) is 9.49. The van der Waals surface area contributed by atoms with Gasteiger partial charge in [-0.15, -0.1) is 0 Å². The zero-order valence-corrected chi connectivity index (χ0v) is 11.5. The van der Waals surface area contributed by atoms with E-state index in [-0.39, 0.29) is 17.8 Å². The molecule has 3 heteroatoms. The lowest BCUT2D eigenvalue weighted by atomic mass is 9.96. The Balaban J connectivity index is 2.11. The number of benzene rings is 2. The van der Waals surface area contributed by atoms with E-state index in [1.54, 1.807) is 0 Å². The van der Waals surface area contributed by atoms with Crippen LogP contribution >= 0.6 is 0 Å². The van der Waals surface area contributed by atoms with Crippen LogP contribution in [0.15, 0.2) is 36.4 Å². The van der Waals surface area contributed by atoms with E-state index < -0.39 is 11.6 Å². The number of Topliss-reactive ketones (excluding diaryl/α,β-unsaturated/α-hetero) is 1. The lowest BCUT2D eigenvalue weighted by molar-refractivity contribution is 0.0982. The predicted octanol–water partition coefficient (Wildman–Crippen LogP) is 4.40. The molecule has 2 aromatic rings. The van der Waals surface area contributed by atoms with Crippen molar-refractivity contribution >= 4 is 5.78 Å². The fraction of sp³-hybridized carbons (Fsp3) is 0.235. The molecule has 104 valence electrons. The van der Waals surface area contributed by atoms with Crippen molar-refractivity contribution in [3.8, 4) is 0 Å². The van der Waals surface area contributed by atoms with Gasteiger partial charge in [-0.3, -0.25) is 4.79 Å². The zero-order valence-electron chi connectivity index (χ0n) is 11.5. The lowest BCUT2D eigenvalue weighted by Crippen LogP contribution is -2.04. The van der Waals surface area contributed by atoms with Crippen LogP contribution in [0.1, 0.15) is 33.5 Å². The molecule has 0 fully saturated rings. The third-order valence-electron chi connectivity index (χ3n) is 3.49. The van der Waals surface area contributed by atoms with Crippen molar-refractivity contribution in [2.45, 2.75) is 26.7 Å². The number of carbonyl (C=O) groups is 1. The van der Waals surface area contributed by atoms with E-state index in [2.05, 4.69) is 0 Å². The Morgan fingerprint density at radius 3 is 2.25 bits per heavy atom. The Kier molecular flexibility index (Phi) is 4.28. The van der Waals surface area contributed by atoms with Crippen molar-refractivity contribution in [1.82, 2.24) is 0 Å². The minimum Gasteiger partial charge on any atom is -0.294 e. The quantitative estimate of drug-likeness (QED) is 0.755. The first kappa shape index (κ1) is 14.4. The lowest BCUT2D eigenvalue weighted by Gasteiger charge is -2.09. The largest absolute Gasteiger partial charge is 0.294 e. The summed E-state index contributed by atoms with van der Waals surface area (Å²) in [5.41, 5.74) is 3.64. The number of carbonyl (C=O) groups excluding carboxylic acids is 1. The Hall–Kier alpha value is -2.03. The molecule has 2 rings (SSSR count). The van der Waals surface area contributed by atoms with Gasteiger partial charge in [0.05, 0.1) is 0 Å². The van der Waals surface area contributed by atoms with Gasteiger partial charge in [-0.05, 0) is 55.2 Å². The van der Waals surface area contributed by atoms with Crippen LogP contribution in [0, 0.1) is 25.5 Å². The number of hydrogen-bond donors (Lipinski definition) is 0. The van der Waals surface area contributed by atoms with E-state index >= 15 is 0 Å². The molecule has 0 unspecified atom stereocenters. The molecule has 0 saturated heterocycles. The topological polar surface area (TPSA) is 17.1 Å². The van der Waals surface area contributed by atoms with Crippen molar-refractivity contribution in [2.75, 3.05) is 0 Å². The summed E-state index contributed by atoms with van der Waals surface area (Å²) in [4.78, 5) is 12.0. The van der Waals surface area contributed by atoms with Crippen molar-refractivity contribution in [3.05, 3.63) is 70.3 Å². The van der Waals surface area contributed by atoms with Gasteiger partial charge in [-0.2, -0.15) is 0 Å². The highest BCUT2D eigenvalue weighted by molar-refractivity contribution is 5.96. The van der Waals surface area contributed by atoms with Crippen molar-refractivity contribution in [3.63, 3.8) is 0 Å². The summed E-state index contributed by atoms with van der Waals surface area (Å²) in [5.74, 6) is -2.09. The molecule has 0 aromatic heterocycles. The van der Waals surface area contributed by atoms with Crippen LogP contribution < -0.4 is 0 Å². The van der Waals surface area contributed by atoms with E-state index in [4.69, 9.17) is 0 Å². The number of halogens is 2. The molecule has 0 aliphatic heterocycles. The average molecular weight is 274 g/mol. The van der Waals surface area contributed by atoms with E-state index in [0.29, 0.717) is 6.42 Å². The summed E-state index contributed by atoms with van der Waals surface area (Å²) in [6, 6.07) is 9.26. The highest BCUT2D eigenvalue weighted by atomic mass is 19.2. The first-order valence-corrected chi connectivity index (χ1v) is 6.52. The van der Waals surface area contributed by atoms with Gasteiger partial charge in [0, 0.05) is 12.0 Å². The Morgan fingerprint density at radius 1 is 1.00 bits per heavy atom. The van der Waals surface area contributed by atoms with Gasteiger partial charge < -0.3 is 0 Å². The van der Waals surface area contributed by atoms with Gasteiger partial charge in [0.25, 0.3) is 0 Å². The van der Waals surface area contributed by atoms with Gasteiger partial charge in [0.1, 0.15) is 0 Å². The molecule has 0 heterocycles. The van der Waals surface area contributed by atoms with Crippen LogP contribution in [0.2, 0.25) is 0 Å². The fourth-order valence-corrected chi connectivity index (χ4v) is 2.30. The maximum atomic E-state index is 13.1. The number of ketones is 1. The van der Waals surface area contributed by atoms with Gasteiger partial charge in [0.15, 0.2) is 17.4 Å². The molecule has 0 atom stereocenters. The van der Waals surface area contributed by atoms with Gasteiger partial charge >= 0.3 is 0 Å². The molecule has 0 saturated carbocycles. The molecule has 0 aliphatic carbocycles. The van der Waals surface area contributed by atoms with Gasteiger partial charge in [0.2, 0.25) is 0 Å². The first-order valence-electron chi connectivity index (χ1n) is 6.52. The Labute approximate surface area is 117 Å². The summed E-state index contributed by atoms with van der Waals surface area (Å²) >= 11 is 0. The normalized spacial score (nSPS) is 10.6. The summed E-state index contributed by atoms with van der Waals surface area (Å²) in [7, 11) is 0. The molecule has 1 nitrogen and oxygen atoms in total. The SMILES string of the molecule is Cc1cccc(C)c1CCC(=O)c1ccc(F)c(F)c1. The molecule has 0 bridgehead atoms. The summed E-state index contributed by atoms with van der Waals surface area (Å²) in [6.45, 7) is 4.01. The summed E-state index contributed by atoms with van der Waals surface area (Å²) in [5, 5.41) is 0. The second-order valence-electron chi connectivity index (χ2n) is 4.92. The standard InChI is InChI=1S/C17H16F2O/c1-11-4-3-5-12(2)14(11)7-9-17(20)13-6-8-15(18)16(19)10-13/h3-6,8,10H,7,9H2,1-2H3. The second-order valence-corrected chi connectivity index (χ2v) is 4.92. The van der Waals surface area contributed by atoms with Gasteiger partial charge in [-0.1, -0.05) is 18.2 Å². The maximum absolute atomic E-state index is 13.1. The maximum Gasteiger partial charge on any atom is 0.163 e. The molecule has 0 spiro atoms. The molecule has 0 N–H and O–H groups in total. The average Bonchev–Trinajstić information content (AvgIpc) is 2.41. The monoisotopic (exact) mass is 274 g/mol. The van der Waals surface area contributed by atoms with Crippen LogP contribution in [0.4, 0.5) is 8.78 Å². The number of hydrogen-bond acceptors (Lipinski definition) is 1. The molecule has 20 heavy (non-hydrogen) atoms.